The van der Waals surface area contributed by atoms with Crippen LogP contribution in [-0.4, -0.2) is 49.1 Å². The van der Waals surface area contributed by atoms with Gasteiger partial charge in [0.2, 0.25) is 0 Å². The van der Waals surface area contributed by atoms with E-state index in [0.29, 0.717) is 31.2 Å². The molecule has 6 heteroatoms. The van der Waals surface area contributed by atoms with Gasteiger partial charge in [-0.3, -0.25) is 0 Å². The van der Waals surface area contributed by atoms with E-state index in [1.54, 1.807) is 7.11 Å². The Balaban J connectivity index is 1.48. The second-order valence-corrected chi connectivity index (χ2v) is 9.03. The van der Waals surface area contributed by atoms with Crippen molar-refractivity contribution in [3.05, 3.63) is 89.5 Å². The number of hydrogen-bond donors (Lipinski definition) is 1. The van der Waals surface area contributed by atoms with Crippen LogP contribution in [0.1, 0.15) is 29.5 Å². The van der Waals surface area contributed by atoms with Gasteiger partial charge in [0.25, 0.3) is 0 Å². The Labute approximate surface area is 208 Å². The van der Waals surface area contributed by atoms with Crippen LogP contribution in [0.3, 0.4) is 0 Å². The minimum atomic E-state index is -0.0997. The highest BCUT2D eigenvalue weighted by atomic mass is 16.5. The van der Waals surface area contributed by atoms with Crippen molar-refractivity contribution in [2.45, 2.75) is 32.9 Å². The summed E-state index contributed by atoms with van der Waals surface area (Å²) in [6.45, 7) is 6.69. The summed E-state index contributed by atoms with van der Waals surface area (Å²) in [6.07, 6.45) is 2.46. The van der Waals surface area contributed by atoms with Crippen molar-refractivity contribution in [2.24, 2.45) is 0 Å². The zero-order chi connectivity index (χ0) is 24.5. The summed E-state index contributed by atoms with van der Waals surface area (Å²) in [5.41, 5.74) is 4.00. The molecule has 0 spiro atoms. The molecule has 35 heavy (non-hydrogen) atoms. The normalized spacial score (nSPS) is 13.4. The summed E-state index contributed by atoms with van der Waals surface area (Å²) in [7, 11) is 1.64. The van der Waals surface area contributed by atoms with Crippen LogP contribution in [-0.2, 0) is 13.2 Å². The molecule has 0 bridgehead atoms. The average Bonchev–Trinajstić information content (AvgIpc) is 3.39. The number of benzene rings is 3. The number of likely N-dealkylation sites (tertiary alicyclic amines) is 1. The smallest absolute Gasteiger partial charge is 0.322 e. The summed E-state index contributed by atoms with van der Waals surface area (Å²) in [4.78, 5) is 17.6. The first-order valence-electron chi connectivity index (χ1n) is 12.3. The Hall–Kier alpha value is -3.51. The minimum absolute atomic E-state index is 0.0997. The predicted octanol–water partition coefficient (Wildman–Crippen LogP) is 5.71. The van der Waals surface area contributed by atoms with E-state index in [0.717, 1.165) is 42.0 Å². The van der Waals surface area contributed by atoms with Crippen LogP contribution in [0.15, 0.2) is 72.8 Å². The van der Waals surface area contributed by atoms with E-state index in [1.807, 2.05) is 84.6 Å². The van der Waals surface area contributed by atoms with Gasteiger partial charge in [-0.1, -0.05) is 48.5 Å². The molecule has 3 aromatic carbocycles. The van der Waals surface area contributed by atoms with Gasteiger partial charge in [-0.2, -0.15) is 0 Å². The summed E-state index contributed by atoms with van der Waals surface area (Å²) in [5.74, 6) is 1.35. The second-order valence-electron chi connectivity index (χ2n) is 9.03. The molecule has 0 aromatic heterocycles. The summed E-state index contributed by atoms with van der Waals surface area (Å²) in [6, 6.07) is 23.7. The molecule has 1 fully saturated rings. The van der Waals surface area contributed by atoms with Gasteiger partial charge in [-0.05, 0) is 73.8 Å². The van der Waals surface area contributed by atoms with E-state index in [-0.39, 0.29) is 6.03 Å². The van der Waals surface area contributed by atoms with E-state index in [2.05, 4.69) is 10.2 Å². The van der Waals surface area contributed by atoms with Gasteiger partial charge in [0, 0.05) is 25.3 Å². The summed E-state index contributed by atoms with van der Waals surface area (Å²) < 4.78 is 11.6. The van der Waals surface area contributed by atoms with E-state index in [9.17, 15) is 4.79 Å². The molecule has 0 radical (unpaired) electrons. The molecule has 1 N–H and O–H groups in total. The van der Waals surface area contributed by atoms with Crippen molar-refractivity contribution < 1.29 is 14.3 Å². The number of rotatable bonds is 10. The maximum atomic E-state index is 13.3. The van der Waals surface area contributed by atoms with Gasteiger partial charge in [-0.25, -0.2) is 4.79 Å². The predicted molar refractivity (Wildman–Crippen MR) is 140 cm³/mol. The molecular formula is C29H35N3O3. The second kappa shape index (κ2) is 12.3. The minimum Gasteiger partial charge on any atom is -0.493 e. The number of nitrogens with one attached hydrogen (secondary N) is 1. The van der Waals surface area contributed by atoms with Crippen molar-refractivity contribution in [3.63, 3.8) is 0 Å². The molecule has 0 saturated carbocycles. The Morgan fingerprint density at radius 2 is 1.74 bits per heavy atom. The lowest BCUT2D eigenvalue weighted by molar-refractivity contribution is 0.197. The fraction of sp³-hybridized carbons (Fsp3) is 0.345. The maximum absolute atomic E-state index is 13.3. The first kappa shape index (κ1) is 24.6. The Morgan fingerprint density at radius 1 is 0.943 bits per heavy atom. The van der Waals surface area contributed by atoms with Gasteiger partial charge in [0.15, 0.2) is 11.5 Å². The number of ether oxygens (including phenoxy) is 2. The van der Waals surface area contributed by atoms with Crippen molar-refractivity contribution in [2.75, 3.05) is 38.6 Å². The molecular weight excluding hydrogens is 438 g/mol. The van der Waals surface area contributed by atoms with Crippen LogP contribution >= 0.6 is 0 Å². The monoisotopic (exact) mass is 473 g/mol. The molecule has 1 saturated heterocycles. The van der Waals surface area contributed by atoms with Crippen molar-refractivity contribution in [1.82, 2.24) is 9.80 Å². The van der Waals surface area contributed by atoms with Crippen LogP contribution in [0.25, 0.3) is 0 Å². The van der Waals surface area contributed by atoms with Crippen LogP contribution in [0, 0.1) is 6.92 Å². The van der Waals surface area contributed by atoms with E-state index in [1.165, 1.54) is 12.8 Å². The number of anilines is 1. The van der Waals surface area contributed by atoms with Crippen LogP contribution in [0.5, 0.6) is 11.5 Å². The highest BCUT2D eigenvalue weighted by Crippen LogP contribution is 2.29. The quantitative estimate of drug-likeness (QED) is 0.410. The summed E-state index contributed by atoms with van der Waals surface area (Å²) in [5, 5.41) is 3.07. The molecule has 1 heterocycles. The Bertz CT molecular complexity index is 1100. The van der Waals surface area contributed by atoms with E-state index in [4.69, 9.17) is 9.47 Å². The number of carbonyl (C=O) groups excluding carboxylic acids is 1. The molecule has 1 aliphatic heterocycles. The van der Waals surface area contributed by atoms with E-state index >= 15 is 0 Å². The molecule has 6 nitrogen and oxygen atoms in total. The van der Waals surface area contributed by atoms with E-state index < -0.39 is 0 Å². The largest absolute Gasteiger partial charge is 0.493 e. The standard InChI is InChI=1S/C29H35N3O3/c1-23-9-8-12-26(19-23)30-29(33)32(18-17-31-15-6-7-16-31)21-25-13-14-27(34-2)28(20-25)35-22-24-10-4-3-5-11-24/h3-5,8-14,19-20H,6-7,15-18,21-22H2,1-2H3,(H,30,33). The van der Waals surface area contributed by atoms with Gasteiger partial charge in [0.1, 0.15) is 6.61 Å². The third-order valence-electron chi connectivity index (χ3n) is 6.28. The number of methoxy groups -OCH3 is 1. The molecule has 184 valence electrons. The molecule has 4 rings (SSSR count). The number of urea groups is 1. The number of amides is 2. The van der Waals surface area contributed by atoms with Crippen LogP contribution in [0.2, 0.25) is 0 Å². The molecule has 2 amide bonds. The third kappa shape index (κ3) is 7.23. The molecule has 3 aromatic rings. The highest BCUT2D eigenvalue weighted by Gasteiger charge is 2.19. The first-order chi connectivity index (χ1) is 17.1. The van der Waals surface area contributed by atoms with Gasteiger partial charge >= 0.3 is 6.03 Å². The SMILES string of the molecule is COc1ccc(CN(CCN2CCCC2)C(=O)Nc2cccc(C)c2)cc1OCc1ccccc1. The zero-order valence-corrected chi connectivity index (χ0v) is 20.7. The summed E-state index contributed by atoms with van der Waals surface area (Å²) >= 11 is 0. The molecule has 0 unspecified atom stereocenters. The fourth-order valence-corrected chi connectivity index (χ4v) is 4.33. The number of carbonyl (C=O) groups is 1. The van der Waals surface area contributed by atoms with Crippen molar-refractivity contribution >= 4 is 11.7 Å². The average molecular weight is 474 g/mol. The lowest BCUT2D eigenvalue weighted by Crippen LogP contribution is -2.40. The van der Waals surface area contributed by atoms with Crippen LogP contribution < -0.4 is 14.8 Å². The molecule has 0 atom stereocenters. The van der Waals surface area contributed by atoms with Gasteiger partial charge in [-0.15, -0.1) is 0 Å². The highest BCUT2D eigenvalue weighted by molar-refractivity contribution is 5.89. The zero-order valence-electron chi connectivity index (χ0n) is 20.7. The lowest BCUT2D eigenvalue weighted by atomic mass is 10.2. The Kier molecular flexibility index (Phi) is 8.63. The first-order valence-corrected chi connectivity index (χ1v) is 12.3. The Morgan fingerprint density at radius 3 is 2.49 bits per heavy atom. The maximum Gasteiger partial charge on any atom is 0.322 e. The third-order valence-corrected chi connectivity index (χ3v) is 6.28. The molecule has 1 aliphatic rings. The van der Waals surface area contributed by atoms with Crippen molar-refractivity contribution in [1.29, 1.82) is 0 Å². The van der Waals surface area contributed by atoms with Gasteiger partial charge < -0.3 is 24.6 Å². The number of aryl methyl sites for hydroxylation is 1. The van der Waals surface area contributed by atoms with Crippen molar-refractivity contribution in [3.8, 4) is 11.5 Å². The van der Waals surface area contributed by atoms with Crippen LogP contribution in [0.4, 0.5) is 10.5 Å². The number of hydrogen-bond acceptors (Lipinski definition) is 4. The molecule has 0 aliphatic carbocycles. The topological polar surface area (TPSA) is 54.0 Å². The fourth-order valence-electron chi connectivity index (χ4n) is 4.33. The number of nitrogens with zero attached hydrogens (tertiary/aromatic N) is 2. The van der Waals surface area contributed by atoms with Gasteiger partial charge in [0.05, 0.1) is 7.11 Å². The lowest BCUT2D eigenvalue weighted by Gasteiger charge is -2.26.